The molecule has 0 spiro atoms. The van der Waals surface area contributed by atoms with Crippen LogP contribution in [0.3, 0.4) is 0 Å². The highest BCUT2D eigenvalue weighted by atomic mass is 16.5. The molecule has 3 rings (SSSR count). The van der Waals surface area contributed by atoms with Gasteiger partial charge in [-0.25, -0.2) is 9.59 Å². The zero-order valence-electron chi connectivity index (χ0n) is 24.5. The lowest BCUT2D eigenvalue weighted by Gasteiger charge is -2.13. The highest BCUT2D eigenvalue weighted by Crippen LogP contribution is 2.33. The van der Waals surface area contributed by atoms with Crippen LogP contribution in [0.25, 0.3) is 22.3 Å². The summed E-state index contributed by atoms with van der Waals surface area (Å²) in [5.74, 6) is -0.576. The number of carbonyl (C=O) groups excluding carboxylic acids is 2. The molecule has 0 saturated carbocycles. The van der Waals surface area contributed by atoms with Crippen molar-refractivity contribution in [1.29, 1.82) is 0 Å². The maximum absolute atomic E-state index is 12.8. The number of unbranched alkanes of at least 4 members (excludes halogenated alkanes) is 10. The van der Waals surface area contributed by atoms with Crippen molar-refractivity contribution < 1.29 is 19.1 Å². The summed E-state index contributed by atoms with van der Waals surface area (Å²) < 4.78 is 11.1. The SMILES string of the molecule is CCCCCCCCOC(=O)c1ccc(-c2ccc(C(=O)OCCCCCCCC)cc2-c2ccccc2)cc1. The van der Waals surface area contributed by atoms with E-state index in [1.54, 1.807) is 0 Å². The molecule has 0 fully saturated rings. The summed E-state index contributed by atoms with van der Waals surface area (Å²) in [5.41, 5.74) is 5.02. The highest BCUT2D eigenvalue weighted by Gasteiger charge is 2.15. The number of benzene rings is 3. The molecule has 0 bridgehead atoms. The van der Waals surface area contributed by atoms with E-state index in [1.807, 2.05) is 72.8 Å². The molecule has 0 heterocycles. The maximum atomic E-state index is 12.8. The molecule has 0 N–H and O–H groups in total. The van der Waals surface area contributed by atoms with Gasteiger partial charge in [-0.15, -0.1) is 0 Å². The Morgan fingerprint density at radius 3 is 1.55 bits per heavy atom. The summed E-state index contributed by atoms with van der Waals surface area (Å²) in [6.45, 7) is 5.32. The number of esters is 2. The fourth-order valence-corrected chi connectivity index (χ4v) is 4.83. The molecule has 0 aliphatic carbocycles. The van der Waals surface area contributed by atoms with E-state index in [1.165, 1.54) is 51.4 Å². The first-order chi connectivity index (χ1) is 19.6. The first kappa shape index (κ1) is 31.1. The molecule has 0 amide bonds. The molecule has 0 radical (unpaired) electrons. The summed E-state index contributed by atoms with van der Waals surface area (Å²) in [5, 5.41) is 0. The molecular weight excluding hydrogens is 496 g/mol. The number of carbonyl (C=O) groups is 2. The minimum Gasteiger partial charge on any atom is -0.462 e. The molecule has 4 heteroatoms. The van der Waals surface area contributed by atoms with Gasteiger partial charge in [0.15, 0.2) is 0 Å². The largest absolute Gasteiger partial charge is 0.462 e. The molecule has 3 aromatic rings. The summed E-state index contributed by atoms with van der Waals surface area (Å²) in [6.07, 6.45) is 13.8. The van der Waals surface area contributed by atoms with E-state index in [4.69, 9.17) is 9.47 Å². The predicted molar refractivity (Wildman–Crippen MR) is 165 cm³/mol. The number of hydrogen-bond donors (Lipinski definition) is 0. The predicted octanol–water partition coefficient (Wildman–Crippen LogP) is 10.1. The lowest BCUT2D eigenvalue weighted by molar-refractivity contribution is 0.0488. The van der Waals surface area contributed by atoms with Gasteiger partial charge in [0, 0.05) is 0 Å². The Bertz CT molecular complexity index is 1150. The second-order valence-electron chi connectivity index (χ2n) is 10.5. The van der Waals surface area contributed by atoms with Gasteiger partial charge in [-0.2, -0.15) is 0 Å². The van der Waals surface area contributed by atoms with Crippen molar-refractivity contribution in [2.24, 2.45) is 0 Å². The third-order valence-corrected chi connectivity index (χ3v) is 7.23. The van der Waals surface area contributed by atoms with Gasteiger partial charge in [0.1, 0.15) is 0 Å². The quantitative estimate of drug-likeness (QED) is 0.118. The number of hydrogen-bond acceptors (Lipinski definition) is 4. The third kappa shape index (κ3) is 10.3. The Balaban J connectivity index is 1.64. The second-order valence-corrected chi connectivity index (χ2v) is 10.5. The van der Waals surface area contributed by atoms with Crippen LogP contribution in [0.15, 0.2) is 72.8 Å². The van der Waals surface area contributed by atoms with Crippen molar-refractivity contribution in [3.8, 4) is 22.3 Å². The lowest BCUT2D eigenvalue weighted by Crippen LogP contribution is -2.07. The van der Waals surface area contributed by atoms with E-state index in [-0.39, 0.29) is 11.9 Å². The molecule has 214 valence electrons. The van der Waals surface area contributed by atoms with E-state index < -0.39 is 0 Å². The first-order valence-corrected chi connectivity index (χ1v) is 15.3. The lowest BCUT2D eigenvalue weighted by atomic mass is 9.92. The third-order valence-electron chi connectivity index (χ3n) is 7.23. The average molecular weight is 543 g/mol. The molecule has 0 aromatic heterocycles. The maximum Gasteiger partial charge on any atom is 0.338 e. The van der Waals surface area contributed by atoms with E-state index in [0.29, 0.717) is 24.3 Å². The van der Waals surface area contributed by atoms with Gasteiger partial charge in [-0.05, 0) is 59.4 Å². The molecule has 0 aliphatic heterocycles. The molecule has 40 heavy (non-hydrogen) atoms. The van der Waals surface area contributed by atoms with Gasteiger partial charge in [0.2, 0.25) is 0 Å². The van der Waals surface area contributed by atoms with Gasteiger partial charge in [-0.3, -0.25) is 0 Å². The topological polar surface area (TPSA) is 52.6 Å². The van der Waals surface area contributed by atoms with Crippen molar-refractivity contribution in [3.05, 3.63) is 83.9 Å². The summed E-state index contributed by atoms with van der Waals surface area (Å²) >= 11 is 0. The minimum atomic E-state index is -0.291. The number of rotatable bonds is 18. The zero-order chi connectivity index (χ0) is 28.4. The fraction of sp³-hybridized carbons (Fsp3) is 0.444. The van der Waals surface area contributed by atoms with E-state index in [9.17, 15) is 9.59 Å². The van der Waals surface area contributed by atoms with Crippen molar-refractivity contribution in [2.75, 3.05) is 13.2 Å². The Morgan fingerprint density at radius 2 is 0.975 bits per heavy atom. The highest BCUT2D eigenvalue weighted by molar-refractivity contribution is 5.95. The van der Waals surface area contributed by atoms with Gasteiger partial charge in [0.25, 0.3) is 0 Å². The minimum absolute atomic E-state index is 0.285. The van der Waals surface area contributed by atoms with Crippen LogP contribution in [0.4, 0.5) is 0 Å². The molecular formula is C36H46O4. The van der Waals surface area contributed by atoms with Gasteiger partial charge < -0.3 is 9.47 Å². The molecule has 4 nitrogen and oxygen atoms in total. The Labute approximate surface area is 241 Å². The van der Waals surface area contributed by atoms with Crippen molar-refractivity contribution in [3.63, 3.8) is 0 Å². The Hall–Kier alpha value is -3.40. The van der Waals surface area contributed by atoms with Crippen LogP contribution in [-0.4, -0.2) is 25.2 Å². The van der Waals surface area contributed by atoms with Crippen molar-refractivity contribution in [1.82, 2.24) is 0 Å². The molecule has 0 unspecified atom stereocenters. The van der Waals surface area contributed by atoms with Crippen LogP contribution < -0.4 is 0 Å². The molecule has 0 aliphatic rings. The standard InChI is InChI=1S/C36H46O4/c1-3-5-7-9-11-16-26-39-35(37)31-22-20-30(21-23-31)33-25-24-32(28-34(33)29-18-14-13-15-19-29)36(38)40-27-17-12-10-8-6-4-2/h13-15,18-25,28H,3-12,16-17,26-27H2,1-2H3. The van der Waals surface area contributed by atoms with E-state index in [2.05, 4.69) is 13.8 Å². The normalized spacial score (nSPS) is 10.8. The molecule has 0 saturated heterocycles. The fourth-order valence-electron chi connectivity index (χ4n) is 4.83. The van der Waals surface area contributed by atoms with Gasteiger partial charge in [0.05, 0.1) is 24.3 Å². The summed E-state index contributed by atoms with van der Waals surface area (Å²) in [4.78, 5) is 25.4. The van der Waals surface area contributed by atoms with Gasteiger partial charge >= 0.3 is 11.9 Å². The Kier molecular flexibility index (Phi) is 14.0. The first-order valence-electron chi connectivity index (χ1n) is 15.3. The molecule has 0 atom stereocenters. The average Bonchev–Trinajstić information content (AvgIpc) is 3.00. The van der Waals surface area contributed by atoms with Crippen molar-refractivity contribution >= 4 is 11.9 Å². The summed E-state index contributed by atoms with van der Waals surface area (Å²) in [6, 6.07) is 23.3. The van der Waals surface area contributed by atoms with Crippen LogP contribution in [0.5, 0.6) is 0 Å². The van der Waals surface area contributed by atoms with Gasteiger partial charge in [-0.1, -0.05) is 127 Å². The monoisotopic (exact) mass is 542 g/mol. The summed E-state index contributed by atoms with van der Waals surface area (Å²) in [7, 11) is 0. The van der Waals surface area contributed by atoms with E-state index >= 15 is 0 Å². The second kappa shape index (κ2) is 18.0. The zero-order valence-corrected chi connectivity index (χ0v) is 24.5. The van der Waals surface area contributed by atoms with Crippen LogP contribution >= 0.6 is 0 Å². The molecule has 3 aromatic carbocycles. The van der Waals surface area contributed by atoms with Crippen LogP contribution in [0, 0.1) is 0 Å². The van der Waals surface area contributed by atoms with Crippen molar-refractivity contribution in [2.45, 2.75) is 90.9 Å². The van der Waals surface area contributed by atoms with Crippen LogP contribution in [0.1, 0.15) is 112 Å². The van der Waals surface area contributed by atoms with Crippen LogP contribution in [0.2, 0.25) is 0 Å². The van der Waals surface area contributed by atoms with Crippen LogP contribution in [-0.2, 0) is 9.47 Å². The van der Waals surface area contributed by atoms with E-state index in [0.717, 1.165) is 47.9 Å². The number of ether oxygens (including phenoxy) is 2. The smallest absolute Gasteiger partial charge is 0.338 e. The Morgan fingerprint density at radius 1 is 0.500 bits per heavy atom.